The van der Waals surface area contributed by atoms with E-state index in [1.807, 2.05) is 54.6 Å². The highest BCUT2D eigenvalue weighted by Crippen LogP contribution is 2.24. The minimum atomic E-state index is -1.12. The minimum Gasteiger partial charge on any atom is -0.391 e. The van der Waals surface area contributed by atoms with E-state index in [0.717, 1.165) is 22.0 Å². The van der Waals surface area contributed by atoms with Crippen LogP contribution < -0.4 is 16.0 Å². The highest BCUT2D eigenvalue weighted by Gasteiger charge is 2.43. The van der Waals surface area contributed by atoms with Gasteiger partial charge in [0.15, 0.2) is 0 Å². The third-order valence-corrected chi connectivity index (χ3v) is 8.64. The Labute approximate surface area is 270 Å². The number of aromatic amines is 2. The smallest absolute Gasteiger partial charge is 0.270 e. The Balaban J connectivity index is 1.34. The molecule has 0 bridgehead atoms. The molecule has 2 fully saturated rings. The van der Waals surface area contributed by atoms with Crippen molar-refractivity contribution in [2.45, 2.75) is 43.5 Å². The molecule has 2 aromatic carbocycles. The van der Waals surface area contributed by atoms with Gasteiger partial charge in [-0.2, -0.15) is 0 Å². The first kappa shape index (κ1) is 31.5. The van der Waals surface area contributed by atoms with Gasteiger partial charge in [0.05, 0.1) is 12.6 Å². The van der Waals surface area contributed by atoms with Crippen molar-refractivity contribution in [2.24, 2.45) is 0 Å². The summed E-state index contributed by atoms with van der Waals surface area (Å²) in [6.07, 6.45) is 2.63. The van der Waals surface area contributed by atoms with E-state index >= 15 is 0 Å². The Morgan fingerprint density at radius 3 is 2.43 bits per heavy atom. The molecule has 0 unspecified atom stereocenters. The van der Waals surface area contributed by atoms with Crippen molar-refractivity contribution in [1.82, 2.24) is 35.7 Å². The molecule has 6 rings (SSSR count). The summed E-state index contributed by atoms with van der Waals surface area (Å²) >= 11 is 0. The first-order valence-electron chi connectivity index (χ1n) is 15.6. The second-order valence-electron chi connectivity index (χ2n) is 11.9. The number of hydrogen-bond donors (Lipinski definition) is 6. The number of benzene rings is 2. The molecule has 0 radical (unpaired) electrons. The number of carbonyl (C=O) groups is 5. The molecule has 0 spiro atoms. The number of carbonyl (C=O) groups excluding carboxylic acids is 5. The number of aliphatic hydroxyl groups excluding tert-OH is 1. The zero-order valence-corrected chi connectivity index (χ0v) is 25.6. The van der Waals surface area contributed by atoms with Crippen LogP contribution in [-0.4, -0.2) is 105 Å². The molecule has 4 atom stereocenters. The molecule has 47 heavy (non-hydrogen) atoms. The number of nitrogens with one attached hydrogen (secondary N) is 5. The van der Waals surface area contributed by atoms with Gasteiger partial charge in [0.2, 0.25) is 23.6 Å². The van der Waals surface area contributed by atoms with Crippen LogP contribution in [0.2, 0.25) is 0 Å². The van der Waals surface area contributed by atoms with Gasteiger partial charge in [0.1, 0.15) is 23.8 Å². The van der Waals surface area contributed by atoms with Crippen molar-refractivity contribution in [1.29, 1.82) is 0 Å². The van der Waals surface area contributed by atoms with Gasteiger partial charge in [-0.3, -0.25) is 24.0 Å². The quantitative estimate of drug-likeness (QED) is 0.185. The van der Waals surface area contributed by atoms with Crippen molar-refractivity contribution >= 4 is 40.4 Å². The summed E-state index contributed by atoms with van der Waals surface area (Å²) in [6.45, 7) is -0.511. The lowest BCUT2D eigenvalue weighted by Gasteiger charge is -2.30. The number of nitrogens with zero attached hydrogens (tertiary/aromatic N) is 2. The second kappa shape index (κ2) is 13.9. The van der Waals surface area contributed by atoms with Gasteiger partial charge >= 0.3 is 0 Å². The van der Waals surface area contributed by atoms with Crippen LogP contribution in [-0.2, 0) is 32.0 Å². The summed E-state index contributed by atoms with van der Waals surface area (Å²) in [6, 6.07) is 16.8. The van der Waals surface area contributed by atoms with Crippen molar-refractivity contribution < 1.29 is 29.1 Å². The van der Waals surface area contributed by atoms with Crippen molar-refractivity contribution in [3.63, 3.8) is 0 Å². The monoisotopic (exact) mass is 639 g/mol. The lowest BCUT2D eigenvalue weighted by atomic mass is 10.0. The summed E-state index contributed by atoms with van der Waals surface area (Å²) in [5.41, 5.74) is 2.70. The van der Waals surface area contributed by atoms with Crippen molar-refractivity contribution in [3.8, 4) is 0 Å². The Morgan fingerprint density at radius 2 is 1.64 bits per heavy atom. The molecule has 2 aliphatic heterocycles. The fourth-order valence-electron chi connectivity index (χ4n) is 6.29. The highest BCUT2D eigenvalue weighted by atomic mass is 16.3. The maximum atomic E-state index is 14.2. The van der Waals surface area contributed by atoms with Crippen LogP contribution in [0.15, 0.2) is 79.1 Å². The van der Waals surface area contributed by atoms with E-state index in [0.29, 0.717) is 0 Å². The molecule has 4 aromatic rings. The Bertz CT molecular complexity index is 1750. The maximum Gasteiger partial charge on any atom is 0.270 e. The summed E-state index contributed by atoms with van der Waals surface area (Å²) in [4.78, 5) is 77.1. The second-order valence-corrected chi connectivity index (χ2v) is 11.9. The molecular weight excluding hydrogens is 602 g/mol. The van der Waals surface area contributed by atoms with Crippen LogP contribution in [0.3, 0.4) is 0 Å². The van der Waals surface area contributed by atoms with Gasteiger partial charge < -0.3 is 40.8 Å². The molecule has 2 aliphatic rings. The Morgan fingerprint density at radius 1 is 0.851 bits per heavy atom. The number of para-hydroxylation sites is 1. The topological polar surface area (TPSA) is 180 Å². The molecule has 0 aliphatic carbocycles. The van der Waals surface area contributed by atoms with Crippen LogP contribution in [0, 0.1) is 0 Å². The van der Waals surface area contributed by atoms with Crippen LogP contribution in [0.25, 0.3) is 10.9 Å². The summed E-state index contributed by atoms with van der Waals surface area (Å²) < 4.78 is 0. The van der Waals surface area contributed by atoms with Gasteiger partial charge in [-0.1, -0.05) is 48.5 Å². The molecule has 2 aromatic heterocycles. The first-order chi connectivity index (χ1) is 22.8. The zero-order valence-electron chi connectivity index (χ0n) is 25.6. The number of amides is 5. The predicted octanol–water partition coefficient (Wildman–Crippen LogP) is 0.485. The SMILES string of the molecule is O=C1CN(C(=O)c2ccc[nH]2)CCNC(=O)[C@H](Cc2ccccc2)NC(=O)[C@@H]2C[C@@H](O)CN2C(=O)[C@@H](Cc2c[nH]c3ccccc23)N1. The summed E-state index contributed by atoms with van der Waals surface area (Å²) in [5.74, 6) is -2.67. The average molecular weight is 640 g/mol. The fraction of sp³-hybridized carbons (Fsp3) is 0.324. The number of H-pyrrole nitrogens is 2. The van der Waals surface area contributed by atoms with E-state index < -0.39 is 53.8 Å². The molecule has 4 heterocycles. The fourth-order valence-corrected chi connectivity index (χ4v) is 6.29. The zero-order chi connectivity index (χ0) is 32.9. The number of rotatable bonds is 5. The molecular formula is C34H37N7O6. The highest BCUT2D eigenvalue weighted by molar-refractivity contribution is 5.98. The largest absolute Gasteiger partial charge is 0.391 e. The van der Waals surface area contributed by atoms with E-state index in [1.165, 1.54) is 9.80 Å². The normalized spacial score (nSPS) is 23.0. The van der Waals surface area contributed by atoms with Crippen LogP contribution in [0.5, 0.6) is 0 Å². The van der Waals surface area contributed by atoms with Crippen LogP contribution >= 0.6 is 0 Å². The van der Waals surface area contributed by atoms with Gasteiger partial charge in [0.25, 0.3) is 5.91 Å². The van der Waals surface area contributed by atoms with Gasteiger partial charge in [-0.25, -0.2) is 0 Å². The number of aromatic nitrogens is 2. The molecule has 244 valence electrons. The van der Waals surface area contributed by atoms with E-state index in [1.54, 1.807) is 24.5 Å². The summed E-state index contributed by atoms with van der Waals surface area (Å²) in [5, 5.41) is 19.9. The van der Waals surface area contributed by atoms with E-state index in [4.69, 9.17) is 0 Å². The van der Waals surface area contributed by atoms with Gasteiger partial charge in [-0.15, -0.1) is 0 Å². The third kappa shape index (κ3) is 7.20. The minimum absolute atomic E-state index is 0.00564. The number of aliphatic hydroxyl groups is 1. The van der Waals surface area contributed by atoms with Gasteiger partial charge in [0, 0.05) is 62.2 Å². The van der Waals surface area contributed by atoms with Crippen molar-refractivity contribution in [3.05, 3.63) is 95.9 Å². The molecule has 0 saturated carbocycles. The molecule has 2 saturated heterocycles. The van der Waals surface area contributed by atoms with Gasteiger partial charge in [-0.05, 0) is 29.3 Å². The Hall–Kier alpha value is -5.43. The molecule has 5 amide bonds. The average Bonchev–Trinajstić information content (AvgIpc) is 3.84. The van der Waals surface area contributed by atoms with E-state index in [2.05, 4.69) is 25.9 Å². The molecule has 13 heteroatoms. The number of fused-ring (bicyclic) bond motifs is 2. The lowest BCUT2D eigenvalue weighted by molar-refractivity contribution is -0.142. The first-order valence-corrected chi connectivity index (χ1v) is 15.6. The summed E-state index contributed by atoms with van der Waals surface area (Å²) in [7, 11) is 0. The third-order valence-electron chi connectivity index (χ3n) is 8.64. The Kier molecular flexibility index (Phi) is 9.34. The van der Waals surface area contributed by atoms with Crippen molar-refractivity contribution in [2.75, 3.05) is 26.2 Å². The van der Waals surface area contributed by atoms with E-state index in [9.17, 15) is 29.1 Å². The lowest BCUT2D eigenvalue weighted by Crippen LogP contribution is -2.57. The maximum absolute atomic E-state index is 14.2. The van der Waals surface area contributed by atoms with E-state index in [-0.39, 0.29) is 51.1 Å². The predicted molar refractivity (Wildman–Crippen MR) is 172 cm³/mol. The molecule has 6 N–H and O–H groups in total. The molecule has 13 nitrogen and oxygen atoms in total. The van der Waals surface area contributed by atoms with Crippen LogP contribution in [0.1, 0.15) is 28.0 Å². The standard InChI is InChI=1S/C34H37N7O6/c42-23-17-29-32(45)39-27(15-21-7-2-1-3-8-21)31(44)36-13-14-40(33(46)26-11-6-12-35-26)20-30(43)38-28(34(47)41(29)19-23)16-22-18-37-25-10-5-4-9-24(22)25/h1-12,18,23,27-29,35,37,42H,13-17,19-20H2,(H,36,44)(H,38,43)(H,39,45)/t23-,27+,28-,29+/m1/s1. The van der Waals surface area contributed by atoms with Crippen LogP contribution in [0.4, 0.5) is 0 Å². The number of hydrogen-bond acceptors (Lipinski definition) is 6.